The van der Waals surface area contributed by atoms with Crippen molar-refractivity contribution in [1.29, 1.82) is 0 Å². The van der Waals surface area contributed by atoms with Crippen molar-refractivity contribution in [3.05, 3.63) is 17.3 Å². The first-order valence-electron chi connectivity index (χ1n) is 6.83. The van der Waals surface area contributed by atoms with Gasteiger partial charge in [0, 0.05) is 6.04 Å². The summed E-state index contributed by atoms with van der Waals surface area (Å²) in [4.78, 5) is 19.7. The van der Waals surface area contributed by atoms with Gasteiger partial charge in [-0.05, 0) is 37.1 Å². The highest BCUT2D eigenvalue weighted by molar-refractivity contribution is 7.18. The molecule has 0 saturated heterocycles. The molecule has 20 heavy (non-hydrogen) atoms. The van der Waals surface area contributed by atoms with Crippen LogP contribution in [0, 0.1) is 12.8 Å². The number of aryl methyl sites for hydroxylation is 1. The van der Waals surface area contributed by atoms with Crippen LogP contribution < -0.4 is 5.32 Å². The summed E-state index contributed by atoms with van der Waals surface area (Å²) in [6.45, 7) is 2.04. The maximum atomic E-state index is 11.1. The van der Waals surface area contributed by atoms with Crippen molar-refractivity contribution >= 4 is 33.3 Å². The van der Waals surface area contributed by atoms with Gasteiger partial charge >= 0.3 is 5.97 Å². The average molecular weight is 291 g/mol. The Morgan fingerprint density at radius 2 is 2.30 bits per heavy atom. The second kappa shape index (κ2) is 5.36. The molecule has 6 heteroatoms. The number of carbonyl (C=O) groups is 1. The Kier molecular flexibility index (Phi) is 3.56. The van der Waals surface area contributed by atoms with Gasteiger partial charge in [0.15, 0.2) is 0 Å². The molecule has 0 spiro atoms. The Labute approximate surface area is 121 Å². The SMILES string of the molecule is Cc1csc2c(NC3CCCC(C(=O)O)C3)ncnc12. The van der Waals surface area contributed by atoms with E-state index in [0.717, 1.165) is 40.9 Å². The van der Waals surface area contributed by atoms with E-state index in [1.165, 1.54) is 0 Å². The normalized spacial score (nSPS) is 22.9. The molecule has 0 radical (unpaired) electrons. The lowest BCUT2D eigenvalue weighted by Crippen LogP contribution is -2.31. The number of nitrogens with one attached hydrogen (secondary N) is 1. The van der Waals surface area contributed by atoms with Crippen molar-refractivity contribution in [2.75, 3.05) is 5.32 Å². The minimum atomic E-state index is -0.684. The molecule has 0 aromatic carbocycles. The molecule has 0 aliphatic heterocycles. The van der Waals surface area contributed by atoms with Crippen molar-refractivity contribution in [3.63, 3.8) is 0 Å². The highest BCUT2D eigenvalue weighted by Gasteiger charge is 2.27. The number of rotatable bonds is 3. The van der Waals surface area contributed by atoms with Gasteiger partial charge in [-0.3, -0.25) is 4.79 Å². The van der Waals surface area contributed by atoms with Crippen LogP contribution in [0.2, 0.25) is 0 Å². The molecule has 2 aromatic heterocycles. The fourth-order valence-corrected chi connectivity index (χ4v) is 3.77. The first-order valence-corrected chi connectivity index (χ1v) is 7.71. The number of thiophene rings is 1. The van der Waals surface area contributed by atoms with E-state index in [1.54, 1.807) is 17.7 Å². The smallest absolute Gasteiger partial charge is 0.306 e. The number of fused-ring (bicyclic) bond motifs is 1. The molecule has 1 saturated carbocycles. The summed E-state index contributed by atoms with van der Waals surface area (Å²) in [5.41, 5.74) is 2.14. The van der Waals surface area contributed by atoms with Crippen LogP contribution in [0.5, 0.6) is 0 Å². The number of nitrogens with zero attached hydrogens (tertiary/aromatic N) is 2. The molecule has 1 aliphatic rings. The largest absolute Gasteiger partial charge is 0.481 e. The summed E-state index contributed by atoms with van der Waals surface area (Å²) >= 11 is 1.63. The molecule has 2 atom stereocenters. The van der Waals surface area contributed by atoms with Crippen LogP contribution in [0.15, 0.2) is 11.7 Å². The molecule has 2 aromatic rings. The lowest BCUT2D eigenvalue weighted by atomic mass is 9.86. The summed E-state index contributed by atoms with van der Waals surface area (Å²) in [5.74, 6) is -0.0795. The maximum absolute atomic E-state index is 11.1. The predicted octanol–water partition coefficient (Wildman–Crippen LogP) is 3.06. The van der Waals surface area contributed by atoms with Crippen LogP contribution in [0.1, 0.15) is 31.2 Å². The van der Waals surface area contributed by atoms with Gasteiger partial charge < -0.3 is 10.4 Å². The number of anilines is 1. The van der Waals surface area contributed by atoms with Crippen LogP contribution in [0.3, 0.4) is 0 Å². The van der Waals surface area contributed by atoms with Crippen LogP contribution in [0.4, 0.5) is 5.82 Å². The van der Waals surface area contributed by atoms with Gasteiger partial charge in [-0.1, -0.05) is 6.42 Å². The summed E-state index contributed by atoms with van der Waals surface area (Å²) in [5, 5.41) is 14.6. The second-order valence-corrected chi connectivity index (χ2v) is 6.24. The zero-order valence-corrected chi connectivity index (χ0v) is 12.1. The summed E-state index contributed by atoms with van der Waals surface area (Å²) < 4.78 is 1.06. The highest BCUT2D eigenvalue weighted by Crippen LogP contribution is 2.31. The third kappa shape index (κ3) is 2.47. The minimum Gasteiger partial charge on any atom is -0.481 e. The average Bonchev–Trinajstić information content (AvgIpc) is 2.82. The molecule has 106 valence electrons. The third-order valence-corrected chi connectivity index (χ3v) is 4.99. The van der Waals surface area contributed by atoms with E-state index < -0.39 is 5.97 Å². The number of hydrogen-bond acceptors (Lipinski definition) is 5. The minimum absolute atomic E-state index is 0.186. The standard InChI is InChI=1S/C14H17N3O2S/c1-8-6-20-12-11(8)15-7-16-13(12)17-10-4-2-3-9(5-10)14(18)19/h6-7,9-10H,2-5H2,1H3,(H,18,19)(H,15,16,17). The maximum Gasteiger partial charge on any atom is 0.306 e. The number of aliphatic carboxylic acids is 1. The number of carboxylic acid groups (broad SMARTS) is 1. The van der Waals surface area contributed by atoms with Gasteiger partial charge in [0.2, 0.25) is 0 Å². The van der Waals surface area contributed by atoms with Crippen molar-refractivity contribution in [1.82, 2.24) is 9.97 Å². The van der Waals surface area contributed by atoms with Crippen LogP contribution in [-0.4, -0.2) is 27.1 Å². The van der Waals surface area contributed by atoms with E-state index in [0.29, 0.717) is 6.42 Å². The zero-order chi connectivity index (χ0) is 14.1. The molecule has 1 fully saturated rings. The Balaban J connectivity index is 1.81. The van der Waals surface area contributed by atoms with Crippen LogP contribution in [-0.2, 0) is 4.79 Å². The van der Waals surface area contributed by atoms with Crippen LogP contribution in [0.25, 0.3) is 10.2 Å². The predicted molar refractivity (Wildman–Crippen MR) is 79.2 cm³/mol. The summed E-state index contributed by atoms with van der Waals surface area (Å²) in [6.07, 6.45) is 4.98. The van der Waals surface area contributed by atoms with Gasteiger partial charge in [-0.25, -0.2) is 9.97 Å². The molecule has 2 unspecified atom stereocenters. The van der Waals surface area contributed by atoms with Crippen molar-refractivity contribution in [3.8, 4) is 0 Å². The lowest BCUT2D eigenvalue weighted by molar-refractivity contribution is -0.142. The second-order valence-electron chi connectivity index (χ2n) is 5.36. The molecular weight excluding hydrogens is 274 g/mol. The van der Waals surface area contributed by atoms with Crippen molar-refractivity contribution in [2.24, 2.45) is 5.92 Å². The van der Waals surface area contributed by atoms with E-state index in [4.69, 9.17) is 5.11 Å². The zero-order valence-electron chi connectivity index (χ0n) is 11.3. The third-order valence-electron chi connectivity index (χ3n) is 3.90. The molecular formula is C14H17N3O2S. The monoisotopic (exact) mass is 291 g/mol. The topological polar surface area (TPSA) is 75.1 Å². The summed E-state index contributed by atoms with van der Waals surface area (Å²) in [7, 11) is 0. The first-order chi connectivity index (χ1) is 9.65. The van der Waals surface area contributed by atoms with Gasteiger partial charge in [-0.15, -0.1) is 11.3 Å². The molecule has 2 N–H and O–H groups in total. The number of hydrogen-bond donors (Lipinski definition) is 2. The Hall–Kier alpha value is -1.69. The van der Waals surface area contributed by atoms with Crippen molar-refractivity contribution in [2.45, 2.75) is 38.6 Å². The van der Waals surface area contributed by atoms with E-state index in [1.807, 2.05) is 6.92 Å². The molecule has 5 nitrogen and oxygen atoms in total. The molecule has 2 heterocycles. The molecule has 0 bridgehead atoms. The number of aromatic nitrogens is 2. The lowest BCUT2D eigenvalue weighted by Gasteiger charge is -2.27. The molecule has 0 amide bonds. The van der Waals surface area contributed by atoms with E-state index >= 15 is 0 Å². The molecule has 1 aliphatic carbocycles. The highest BCUT2D eigenvalue weighted by atomic mass is 32.1. The van der Waals surface area contributed by atoms with E-state index in [9.17, 15) is 4.79 Å². The van der Waals surface area contributed by atoms with Gasteiger partial charge in [0.1, 0.15) is 12.1 Å². The number of carboxylic acids is 1. The first kappa shape index (κ1) is 13.3. The Bertz CT molecular complexity index is 640. The Morgan fingerprint density at radius 1 is 1.45 bits per heavy atom. The van der Waals surface area contributed by atoms with Gasteiger partial charge in [0.05, 0.1) is 16.1 Å². The van der Waals surface area contributed by atoms with Gasteiger partial charge in [-0.2, -0.15) is 0 Å². The van der Waals surface area contributed by atoms with Crippen LogP contribution >= 0.6 is 11.3 Å². The van der Waals surface area contributed by atoms with E-state index in [2.05, 4.69) is 20.7 Å². The quantitative estimate of drug-likeness (QED) is 0.909. The summed E-state index contributed by atoms with van der Waals surface area (Å²) in [6, 6.07) is 0.186. The van der Waals surface area contributed by atoms with Gasteiger partial charge in [0.25, 0.3) is 0 Å². The fourth-order valence-electron chi connectivity index (χ4n) is 2.81. The van der Waals surface area contributed by atoms with Crippen molar-refractivity contribution < 1.29 is 9.90 Å². The Morgan fingerprint density at radius 3 is 3.10 bits per heavy atom. The molecule has 3 rings (SSSR count). The fraction of sp³-hybridized carbons (Fsp3) is 0.500. The van der Waals surface area contributed by atoms with E-state index in [-0.39, 0.29) is 12.0 Å².